The van der Waals surface area contributed by atoms with Gasteiger partial charge in [-0.3, -0.25) is 9.89 Å². The summed E-state index contributed by atoms with van der Waals surface area (Å²) in [5, 5.41) is 0. The predicted octanol–water partition coefficient (Wildman–Crippen LogP) is 1.52. The second kappa shape index (κ2) is 8.12. The molecule has 2 saturated heterocycles. The summed E-state index contributed by atoms with van der Waals surface area (Å²) in [5.41, 5.74) is 7.40. The minimum atomic E-state index is 0. The highest BCUT2D eigenvalue weighted by Gasteiger charge is 2.40. The maximum Gasteiger partial charge on any atom is 0.191 e. The highest BCUT2D eigenvalue weighted by atomic mass is 127. The number of nitrogens with two attached hydrogens (primary N) is 1. The number of likely N-dealkylation sites (tertiary alicyclic amines) is 1. The number of benzene rings is 1. The Morgan fingerprint density at radius 3 is 2.82 bits per heavy atom. The first-order valence-electron chi connectivity index (χ1n) is 7.72. The molecule has 0 spiro atoms. The van der Waals surface area contributed by atoms with Gasteiger partial charge in [-0.05, 0) is 12.5 Å². The minimum Gasteiger partial charge on any atom is -0.373 e. The standard InChI is InChI=1S/C16H24N4O.HI/c1-2-18-16(17)20-11-14-15(12-20)21-9-8-19(14)10-13-6-4-3-5-7-13;/h3-7,14-15H,2,8-12H2,1H3,(H2,17,18);1H. The zero-order chi connectivity index (χ0) is 14.7. The molecular weight excluding hydrogens is 391 g/mol. The van der Waals surface area contributed by atoms with Gasteiger partial charge in [0.2, 0.25) is 0 Å². The molecule has 2 unspecified atom stereocenters. The van der Waals surface area contributed by atoms with Crippen molar-refractivity contribution in [2.24, 2.45) is 10.7 Å². The molecule has 6 heteroatoms. The lowest BCUT2D eigenvalue weighted by Crippen LogP contribution is -2.50. The monoisotopic (exact) mass is 416 g/mol. The fourth-order valence-corrected chi connectivity index (χ4v) is 3.22. The summed E-state index contributed by atoms with van der Waals surface area (Å²) < 4.78 is 5.93. The Hall–Kier alpha value is -0.860. The van der Waals surface area contributed by atoms with Crippen molar-refractivity contribution < 1.29 is 4.74 Å². The molecule has 0 saturated carbocycles. The first-order valence-corrected chi connectivity index (χ1v) is 7.72. The average Bonchev–Trinajstić information content (AvgIpc) is 2.94. The Bertz CT molecular complexity index is 496. The van der Waals surface area contributed by atoms with Crippen molar-refractivity contribution in [2.75, 3.05) is 32.8 Å². The largest absolute Gasteiger partial charge is 0.373 e. The molecule has 2 heterocycles. The third-order valence-corrected chi connectivity index (χ3v) is 4.29. The lowest BCUT2D eigenvalue weighted by molar-refractivity contribution is -0.0502. The Balaban J connectivity index is 0.00000176. The van der Waals surface area contributed by atoms with E-state index in [1.165, 1.54) is 5.56 Å². The molecule has 0 aromatic heterocycles. The van der Waals surface area contributed by atoms with Gasteiger partial charge >= 0.3 is 0 Å². The van der Waals surface area contributed by atoms with Crippen LogP contribution in [0.4, 0.5) is 0 Å². The maximum absolute atomic E-state index is 6.04. The van der Waals surface area contributed by atoms with Gasteiger partial charge in [0.1, 0.15) is 0 Å². The minimum absolute atomic E-state index is 0. The van der Waals surface area contributed by atoms with Crippen molar-refractivity contribution in [1.29, 1.82) is 0 Å². The van der Waals surface area contributed by atoms with Crippen molar-refractivity contribution in [3.8, 4) is 0 Å². The van der Waals surface area contributed by atoms with Crippen LogP contribution in [0.15, 0.2) is 35.3 Å². The lowest BCUT2D eigenvalue weighted by Gasteiger charge is -2.36. The van der Waals surface area contributed by atoms with Gasteiger partial charge in [-0.1, -0.05) is 30.3 Å². The van der Waals surface area contributed by atoms with Crippen LogP contribution in [-0.2, 0) is 11.3 Å². The van der Waals surface area contributed by atoms with Gasteiger partial charge in [-0.15, -0.1) is 24.0 Å². The summed E-state index contributed by atoms with van der Waals surface area (Å²) in [6.45, 7) is 7.25. The molecule has 1 aromatic rings. The van der Waals surface area contributed by atoms with Crippen molar-refractivity contribution >= 4 is 29.9 Å². The van der Waals surface area contributed by atoms with Gasteiger partial charge in [0.15, 0.2) is 5.96 Å². The highest BCUT2D eigenvalue weighted by molar-refractivity contribution is 14.0. The summed E-state index contributed by atoms with van der Waals surface area (Å²) in [4.78, 5) is 8.99. The summed E-state index contributed by atoms with van der Waals surface area (Å²) in [5.74, 6) is 0.648. The van der Waals surface area contributed by atoms with Gasteiger partial charge < -0.3 is 15.4 Å². The summed E-state index contributed by atoms with van der Waals surface area (Å²) in [6.07, 6.45) is 0.244. The number of hydrogen-bond donors (Lipinski definition) is 1. The molecule has 3 rings (SSSR count). The molecule has 1 aromatic carbocycles. The van der Waals surface area contributed by atoms with Gasteiger partial charge in [0, 0.05) is 32.7 Å². The summed E-state index contributed by atoms with van der Waals surface area (Å²) >= 11 is 0. The van der Waals surface area contributed by atoms with Crippen LogP contribution in [0.25, 0.3) is 0 Å². The first kappa shape index (κ1) is 17.5. The molecule has 122 valence electrons. The number of guanidine groups is 1. The van der Waals surface area contributed by atoms with E-state index < -0.39 is 0 Å². The van der Waals surface area contributed by atoms with Gasteiger partial charge in [0.25, 0.3) is 0 Å². The van der Waals surface area contributed by atoms with Crippen LogP contribution in [0.5, 0.6) is 0 Å². The van der Waals surface area contributed by atoms with E-state index in [-0.39, 0.29) is 30.1 Å². The highest BCUT2D eigenvalue weighted by Crippen LogP contribution is 2.24. The third kappa shape index (κ3) is 3.91. The molecule has 2 fully saturated rings. The number of fused-ring (bicyclic) bond motifs is 1. The van der Waals surface area contributed by atoms with Gasteiger partial charge in [-0.25, -0.2) is 0 Å². The van der Waals surface area contributed by atoms with E-state index in [4.69, 9.17) is 10.5 Å². The fraction of sp³-hybridized carbons (Fsp3) is 0.562. The van der Waals surface area contributed by atoms with Crippen molar-refractivity contribution in [1.82, 2.24) is 9.80 Å². The average molecular weight is 416 g/mol. The van der Waals surface area contributed by atoms with Crippen LogP contribution >= 0.6 is 24.0 Å². The number of morpholine rings is 1. The second-order valence-corrected chi connectivity index (χ2v) is 5.67. The molecule has 22 heavy (non-hydrogen) atoms. The Morgan fingerprint density at radius 2 is 2.09 bits per heavy atom. The number of halogens is 1. The predicted molar refractivity (Wildman–Crippen MR) is 99.5 cm³/mol. The number of hydrogen-bond acceptors (Lipinski definition) is 3. The Kier molecular flexibility index (Phi) is 6.46. The van der Waals surface area contributed by atoms with E-state index in [0.717, 1.165) is 39.3 Å². The molecule has 2 atom stereocenters. The normalized spacial score (nSPS) is 25.7. The van der Waals surface area contributed by atoms with E-state index >= 15 is 0 Å². The van der Waals surface area contributed by atoms with Gasteiger partial charge in [0.05, 0.1) is 18.8 Å². The van der Waals surface area contributed by atoms with Crippen molar-refractivity contribution in [2.45, 2.75) is 25.6 Å². The van der Waals surface area contributed by atoms with E-state index in [1.54, 1.807) is 0 Å². The Morgan fingerprint density at radius 1 is 1.32 bits per heavy atom. The smallest absolute Gasteiger partial charge is 0.191 e. The van der Waals surface area contributed by atoms with Crippen LogP contribution in [0.3, 0.4) is 0 Å². The van der Waals surface area contributed by atoms with Crippen molar-refractivity contribution in [3.63, 3.8) is 0 Å². The second-order valence-electron chi connectivity index (χ2n) is 5.67. The molecule has 2 N–H and O–H groups in total. The number of rotatable bonds is 3. The number of aliphatic imine (C=N–C) groups is 1. The molecule has 0 radical (unpaired) electrons. The summed E-state index contributed by atoms with van der Waals surface area (Å²) in [6, 6.07) is 11.0. The quantitative estimate of drug-likeness (QED) is 0.462. The third-order valence-electron chi connectivity index (χ3n) is 4.29. The van der Waals surface area contributed by atoms with Crippen LogP contribution in [-0.4, -0.2) is 60.7 Å². The first-order chi connectivity index (χ1) is 10.3. The van der Waals surface area contributed by atoms with Crippen LogP contribution in [0, 0.1) is 0 Å². The number of ether oxygens (including phenoxy) is 1. The molecule has 2 aliphatic heterocycles. The van der Waals surface area contributed by atoms with Crippen LogP contribution in [0.1, 0.15) is 12.5 Å². The topological polar surface area (TPSA) is 54.1 Å². The van der Waals surface area contributed by atoms with Crippen molar-refractivity contribution in [3.05, 3.63) is 35.9 Å². The Labute approximate surface area is 149 Å². The maximum atomic E-state index is 6.04. The zero-order valence-corrected chi connectivity index (χ0v) is 15.3. The number of nitrogens with zero attached hydrogens (tertiary/aromatic N) is 3. The zero-order valence-electron chi connectivity index (χ0n) is 13.0. The molecule has 0 aliphatic carbocycles. The SMILES string of the molecule is CCN=C(N)N1CC2OCCN(Cc3ccccc3)C2C1.I. The lowest BCUT2D eigenvalue weighted by atomic mass is 10.1. The van der Waals surface area contributed by atoms with Crippen LogP contribution in [0.2, 0.25) is 0 Å². The molecule has 0 amide bonds. The van der Waals surface area contributed by atoms with E-state index in [2.05, 4.69) is 45.1 Å². The summed E-state index contributed by atoms with van der Waals surface area (Å²) in [7, 11) is 0. The van der Waals surface area contributed by atoms with Gasteiger partial charge in [-0.2, -0.15) is 0 Å². The molecule has 0 bridgehead atoms. The molecule has 2 aliphatic rings. The van der Waals surface area contributed by atoms with E-state index in [1.807, 2.05) is 6.92 Å². The molecule has 5 nitrogen and oxygen atoms in total. The fourth-order valence-electron chi connectivity index (χ4n) is 3.22. The van der Waals surface area contributed by atoms with E-state index in [0.29, 0.717) is 12.0 Å². The van der Waals surface area contributed by atoms with E-state index in [9.17, 15) is 0 Å². The molecular formula is C16H25IN4O. The van der Waals surface area contributed by atoms with Crippen LogP contribution < -0.4 is 5.73 Å².